The Morgan fingerprint density at radius 1 is 0.969 bits per heavy atom. The van der Waals surface area contributed by atoms with Gasteiger partial charge in [-0.3, -0.25) is 0 Å². The highest BCUT2D eigenvalue weighted by Crippen LogP contribution is 2.38. The number of epoxide rings is 1. The molecule has 0 aliphatic carbocycles. The molecule has 3 nitrogen and oxygen atoms in total. The zero-order valence-corrected chi connectivity index (χ0v) is 21.3. The Morgan fingerprint density at radius 2 is 1.47 bits per heavy atom. The summed E-state index contributed by atoms with van der Waals surface area (Å²) < 4.78 is 5.83. The van der Waals surface area contributed by atoms with E-state index in [0.717, 1.165) is 0 Å². The molecule has 3 rings (SSSR count). The van der Waals surface area contributed by atoms with E-state index in [9.17, 15) is 10.2 Å². The highest BCUT2D eigenvalue weighted by atomic mass is 28.3. The minimum Gasteiger partial charge on any atom is -0.393 e. The summed E-state index contributed by atoms with van der Waals surface area (Å²) >= 11 is 0. The highest BCUT2D eigenvalue weighted by Gasteiger charge is 2.49. The lowest BCUT2D eigenvalue weighted by atomic mass is 9.92. The summed E-state index contributed by atoms with van der Waals surface area (Å²) in [5, 5.41) is 23.8. The predicted molar refractivity (Wildman–Crippen MR) is 135 cm³/mol. The van der Waals surface area contributed by atoms with E-state index in [1.807, 2.05) is 26.0 Å². The van der Waals surface area contributed by atoms with Gasteiger partial charge in [0.2, 0.25) is 8.07 Å². The molecule has 1 heterocycles. The summed E-state index contributed by atoms with van der Waals surface area (Å²) in [5.74, 6) is 3.36. The molecule has 1 aliphatic heterocycles. The number of hydrogen-bond acceptors (Lipinski definition) is 3. The molecule has 1 aliphatic rings. The van der Waals surface area contributed by atoms with Crippen LogP contribution in [-0.2, 0) is 4.74 Å². The molecule has 0 saturated carbocycles. The molecule has 0 bridgehead atoms. The Hall–Kier alpha value is -1.90. The van der Waals surface area contributed by atoms with E-state index in [4.69, 9.17) is 4.74 Å². The van der Waals surface area contributed by atoms with Crippen molar-refractivity contribution in [2.24, 2.45) is 5.92 Å². The third kappa shape index (κ3) is 5.18. The summed E-state index contributed by atoms with van der Waals surface area (Å²) in [6.07, 6.45) is 0.709. The summed E-state index contributed by atoms with van der Waals surface area (Å²) in [6.45, 7) is 12.6. The monoisotopic (exact) mass is 450 g/mol. The van der Waals surface area contributed by atoms with Crippen LogP contribution >= 0.6 is 0 Å². The summed E-state index contributed by atoms with van der Waals surface area (Å²) in [7, 11) is -2.55. The van der Waals surface area contributed by atoms with Crippen molar-refractivity contribution in [3.63, 3.8) is 0 Å². The van der Waals surface area contributed by atoms with Crippen LogP contribution in [0.15, 0.2) is 60.7 Å². The zero-order valence-electron chi connectivity index (χ0n) is 20.3. The van der Waals surface area contributed by atoms with Gasteiger partial charge in [-0.15, -0.1) is 5.54 Å². The maximum absolute atomic E-state index is 11.2. The number of rotatable bonds is 7. The quantitative estimate of drug-likeness (QED) is 0.382. The maximum Gasteiger partial charge on any atom is 0.204 e. The lowest BCUT2D eigenvalue weighted by molar-refractivity contribution is 0.0953. The minimum absolute atomic E-state index is 0.00825. The standard InChI is InChI=1S/C28H38O3Si/c1-7-24(29)21(2)26-25(31-26)20-28(6,30)18-19-32(27(3,4)5,22-14-10-8-11-15-22)23-16-12-9-13-17-23/h8-17,21,24-26,29-30H,7,20H2,1-6H3/t21-,24+,25-,26-,28+/m1/s1. The van der Waals surface area contributed by atoms with Crippen LogP contribution in [0.25, 0.3) is 0 Å². The van der Waals surface area contributed by atoms with Gasteiger partial charge in [0.05, 0.1) is 18.3 Å². The van der Waals surface area contributed by atoms with E-state index in [1.165, 1.54) is 10.4 Å². The summed E-state index contributed by atoms with van der Waals surface area (Å²) in [6, 6.07) is 21.1. The van der Waals surface area contributed by atoms with Gasteiger partial charge in [-0.25, -0.2) is 0 Å². The van der Waals surface area contributed by atoms with Gasteiger partial charge in [0.15, 0.2) is 0 Å². The first-order chi connectivity index (χ1) is 15.0. The van der Waals surface area contributed by atoms with Gasteiger partial charge in [-0.2, -0.15) is 0 Å². The van der Waals surface area contributed by atoms with Gasteiger partial charge in [0.1, 0.15) is 5.60 Å². The van der Waals surface area contributed by atoms with Crippen LogP contribution in [0.5, 0.6) is 0 Å². The zero-order chi connectivity index (χ0) is 23.6. The Bertz CT molecular complexity index is 898. The van der Waals surface area contributed by atoms with E-state index in [0.29, 0.717) is 12.8 Å². The molecule has 4 heteroatoms. The minimum atomic E-state index is -2.55. The fourth-order valence-corrected chi connectivity index (χ4v) is 9.36. The van der Waals surface area contributed by atoms with Crippen molar-refractivity contribution in [1.29, 1.82) is 0 Å². The largest absolute Gasteiger partial charge is 0.393 e. The first kappa shape index (κ1) is 24.7. The van der Waals surface area contributed by atoms with Gasteiger partial charge < -0.3 is 14.9 Å². The van der Waals surface area contributed by atoms with Crippen LogP contribution in [0.1, 0.15) is 54.4 Å². The number of aliphatic hydroxyl groups is 2. The van der Waals surface area contributed by atoms with E-state index < -0.39 is 13.7 Å². The van der Waals surface area contributed by atoms with Crippen LogP contribution < -0.4 is 10.4 Å². The summed E-state index contributed by atoms with van der Waals surface area (Å²) in [4.78, 5) is 0. The fourth-order valence-electron chi connectivity index (χ4n) is 4.79. The Morgan fingerprint density at radius 3 is 1.91 bits per heavy atom. The Kier molecular flexibility index (Phi) is 7.37. The van der Waals surface area contributed by atoms with Crippen LogP contribution in [0.4, 0.5) is 0 Å². The smallest absolute Gasteiger partial charge is 0.204 e. The predicted octanol–water partition coefficient (Wildman–Crippen LogP) is 3.91. The van der Waals surface area contributed by atoms with E-state index in [1.54, 1.807) is 6.92 Å². The second kappa shape index (κ2) is 9.53. The molecule has 1 saturated heterocycles. The Balaban J connectivity index is 1.97. The van der Waals surface area contributed by atoms with Gasteiger partial charge in [-0.05, 0) is 28.8 Å². The molecule has 5 atom stereocenters. The van der Waals surface area contributed by atoms with Crippen molar-refractivity contribution in [2.75, 3.05) is 0 Å². The first-order valence-electron chi connectivity index (χ1n) is 11.7. The molecular weight excluding hydrogens is 412 g/mol. The molecule has 172 valence electrons. The van der Waals surface area contributed by atoms with Crippen LogP contribution in [0.2, 0.25) is 5.04 Å². The molecular formula is C28H38O3Si. The van der Waals surface area contributed by atoms with Gasteiger partial charge in [-0.1, -0.05) is 101 Å². The van der Waals surface area contributed by atoms with E-state index in [-0.39, 0.29) is 29.3 Å². The van der Waals surface area contributed by atoms with Crippen LogP contribution in [0.3, 0.4) is 0 Å². The molecule has 2 aromatic carbocycles. The third-order valence-corrected chi connectivity index (χ3v) is 12.0. The molecule has 0 aromatic heterocycles. The van der Waals surface area contributed by atoms with Crippen molar-refractivity contribution in [3.05, 3.63) is 60.7 Å². The third-order valence-electron chi connectivity index (χ3n) is 6.82. The normalized spacial score (nSPS) is 22.2. The van der Waals surface area contributed by atoms with Crippen molar-refractivity contribution >= 4 is 18.4 Å². The average Bonchev–Trinajstić information content (AvgIpc) is 3.51. The van der Waals surface area contributed by atoms with Crippen LogP contribution in [-0.4, -0.2) is 42.2 Å². The molecule has 0 spiro atoms. The van der Waals surface area contributed by atoms with Crippen molar-refractivity contribution < 1.29 is 14.9 Å². The van der Waals surface area contributed by atoms with Crippen molar-refractivity contribution in [1.82, 2.24) is 0 Å². The van der Waals surface area contributed by atoms with Gasteiger partial charge in [0.25, 0.3) is 0 Å². The van der Waals surface area contributed by atoms with Crippen molar-refractivity contribution in [2.45, 2.75) is 83.3 Å². The first-order valence-corrected chi connectivity index (χ1v) is 13.7. The number of aliphatic hydroxyl groups excluding tert-OH is 1. The lowest BCUT2D eigenvalue weighted by Crippen LogP contribution is -2.63. The lowest BCUT2D eigenvalue weighted by Gasteiger charge is -2.40. The molecule has 2 N–H and O–H groups in total. The number of hydrogen-bond donors (Lipinski definition) is 2. The van der Waals surface area contributed by atoms with Gasteiger partial charge >= 0.3 is 0 Å². The average molecular weight is 451 g/mol. The highest BCUT2D eigenvalue weighted by molar-refractivity contribution is 7.10. The number of benzene rings is 2. The van der Waals surface area contributed by atoms with E-state index in [2.05, 4.69) is 80.8 Å². The van der Waals surface area contributed by atoms with Gasteiger partial charge in [0, 0.05) is 12.3 Å². The molecule has 0 unspecified atom stereocenters. The SMILES string of the molecule is CC[C@H](O)[C@@H](C)[C@H]1O[C@@H]1C[C@@](C)(O)C#C[Si](c1ccccc1)(c1ccccc1)C(C)(C)C. The second-order valence-electron chi connectivity index (χ2n) is 10.4. The molecule has 1 fully saturated rings. The topological polar surface area (TPSA) is 53.0 Å². The molecule has 0 radical (unpaired) electrons. The molecule has 32 heavy (non-hydrogen) atoms. The Labute approximate surface area is 194 Å². The van der Waals surface area contributed by atoms with Crippen LogP contribution in [0, 0.1) is 17.4 Å². The summed E-state index contributed by atoms with van der Waals surface area (Å²) in [5.41, 5.74) is 2.53. The number of ether oxygens (including phenoxy) is 1. The van der Waals surface area contributed by atoms with E-state index >= 15 is 0 Å². The molecule has 0 amide bonds. The fraction of sp³-hybridized carbons (Fsp3) is 0.500. The molecule has 2 aromatic rings. The second-order valence-corrected chi connectivity index (χ2v) is 14.8. The van der Waals surface area contributed by atoms with Crippen molar-refractivity contribution in [3.8, 4) is 11.5 Å². The maximum atomic E-state index is 11.2.